The molecule has 2 bridgehead atoms. The minimum Gasteiger partial charge on any atom is -0.327 e. The van der Waals surface area contributed by atoms with E-state index in [1.54, 1.807) is 0 Å². The van der Waals surface area contributed by atoms with Crippen molar-refractivity contribution in [1.82, 2.24) is 0 Å². The average Bonchev–Trinajstić information content (AvgIpc) is 2.66. The van der Waals surface area contributed by atoms with E-state index in [4.69, 9.17) is 5.73 Å². The van der Waals surface area contributed by atoms with Crippen LogP contribution in [0.25, 0.3) is 0 Å². The van der Waals surface area contributed by atoms with Gasteiger partial charge in [-0.1, -0.05) is 27.7 Å². The monoisotopic (exact) mass is 207 g/mol. The van der Waals surface area contributed by atoms with Crippen LogP contribution in [0.5, 0.6) is 0 Å². The molecule has 0 aromatic rings. The maximum absolute atomic E-state index is 6.24. The highest BCUT2D eigenvalue weighted by Gasteiger charge is 2.65. The summed E-state index contributed by atoms with van der Waals surface area (Å²) in [6, 6.07) is 0.482. The normalized spacial score (nSPS) is 54.6. The lowest BCUT2D eigenvalue weighted by Gasteiger charge is -2.60. The fourth-order valence-corrected chi connectivity index (χ4v) is 4.83. The summed E-state index contributed by atoms with van der Waals surface area (Å²) in [6.45, 7) is 9.69. The van der Waals surface area contributed by atoms with E-state index in [0.717, 1.165) is 23.7 Å². The first kappa shape index (κ1) is 10.1. The van der Waals surface area contributed by atoms with E-state index in [1.807, 2.05) is 0 Å². The zero-order valence-corrected chi connectivity index (χ0v) is 10.6. The summed E-state index contributed by atoms with van der Waals surface area (Å²) in [6.07, 6.45) is 4.42. The molecule has 0 aromatic carbocycles. The minimum absolute atomic E-state index is 0.434. The predicted octanol–water partition coefficient (Wildman–Crippen LogP) is 3.04. The molecule has 4 fully saturated rings. The summed E-state index contributed by atoms with van der Waals surface area (Å²) in [7, 11) is 0. The van der Waals surface area contributed by atoms with Crippen molar-refractivity contribution in [2.75, 3.05) is 0 Å². The van der Waals surface area contributed by atoms with Gasteiger partial charge in [0.15, 0.2) is 0 Å². The van der Waals surface area contributed by atoms with Crippen LogP contribution >= 0.6 is 0 Å². The predicted molar refractivity (Wildman–Crippen MR) is 63.3 cm³/mol. The second-order valence-corrected chi connectivity index (χ2v) is 7.47. The van der Waals surface area contributed by atoms with Crippen LogP contribution in [0, 0.1) is 34.5 Å². The molecule has 4 saturated carbocycles. The lowest BCUT2D eigenvalue weighted by molar-refractivity contribution is -0.114. The van der Waals surface area contributed by atoms with E-state index < -0.39 is 0 Å². The van der Waals surface area contributed by atoms with Crippen LogP contribution in [0.3, 0.4) is 0 Å². The molecule has 4 rings (SSSR count). The van der Waals surface area contributed by atoms with Gasteiger partial charge in [-0.2, -0.15) is 0 Å². The summed E-state index contributed by atoms with van der Waals surface area (Å²) in [5.74, 6) is 3.77. The van der Waals surface area contributed by atoms with Crippen molar-refractivity contribution < 1.29 is 0 Å². The standard InChI is InChI=1S/C14H25N/c1-13(2)8-5-6-9(10(13)7-8)11-12(15)14(11,3)4/h8-12H,5-7,15H2,1-4H3/t8-,9?,10-,11-,12-/m0/s1. The Morgan fingerprint density at radius 3 is 2.00 bits per heavy atom. The van der Waals surface area contributed by atoms with Gasteiger partial charge in [0.05, 0.1) is 0 Å². The van der Waals surface area contributed by atoms with Gasteiger partial charge in [-0.25, -0.2) is 0 Å². The van der Waals surface area contributed by atoms with E-state index in [-0.39, 0.29) is 0 Å². The Morgan fingerprint density at radius 2 is 1.60 bits per heavy atom. The summed E-state index contributed by atoms with van der Waals surface area (Å²) >= 11 is 0. The molecule has 0 radical (unpaired) electrons. The molecule has 2 N–H and O–H groups in total. The molecule has 0 saturated heterocycles. The van der Waals surface area contributed by atoms with Gasteiger partial charge < -0.3 is 5.73 Å². The lowest BCUT2D eigenvalue weighted by atomic mass is 9.44. The van der Waals surface area contributed by atoms with Gasteiger partial charge in [0.2, 0.25) is 0 Å². The molecule has 1 heteroatoms. The first-order chi connectivity index (χ1) is 6.87. The summed E-state index contributed by atoms with van der Waals surface area (Å²) in [5.41, 5.74) is 7.30. The van der Waals surface area contributed by atoms with Crippen LogP contribution < -0.4 is 5.73 Å². The SMILES string of the molecule is CC1(C)[C@H]2CCC([C@H]3[C@H](N)C3(C)C)[C@@H]1C2. The Labute approximate surface area is 93.8 Å². The Morgan fingerprint density at radius 1 is 1.00 bits per heavy atom. The van der Waals surface area contributed by atoms with Gasteiger partial charge in [0.25, 0.3) is 0 Å². The van der Waals surface area contributed by atoms with Gasteiger partial charge in [-0.05, 0) is 53.8 Å². The van der Waals surface area contributed by atoms with Crippen molar-refractivity contribution in [3.05, 3.63) is 0 Å². The van der Waals surface area contributed by atoms with E-state index in [9.17, 15) is 0 Å². The van der Waals surface area contributed by atoms with Crippen LogP contribution in [-0.4, -0.2) is 6.04 Å². The molecule has 5 atom stereocenters. The Balaban J connectivity index is 1.79. The molecule has 15 heavy (non-hydrogen) atoms. The first-order valence-corrected chi connectivity index (χ1v) is 6.62. The molecule has 0 heterocycles. The number of rotatable bonds is 1. The Bertz CT molecular complexity index is 288. The summed E-state index contributed by atoms with van der Waals surface area (Å²) in [4.78, 5) is 0. The molecular weight excluding hydrogens is 182 g/mol. The van der Waals surface area contributed by atoms with E-state index in [2.05, 4.69) is 27.7 Å². The molecule has 86 valence electrons. The van der Waals surface area contributed by atoms with Crippen LogP contribution in [0.1, 0.15) is 47.0 Å². The summed E-state index contributed by atoms with van der Waals surface area (Å²) < 4.78 is 0. The molecule has 4 aliphatic carbocycles. The van der Waals surface area contributed by atoms with Crippen LogP contribution in [0.2, 0.25) is 0 Å². The third-order valence-electron chi connectivity index (χ3n) is 6.37. The van der Waals surface area contributed by atoms with Gasteiger partial charge in [0.1, 0.15) is 0 Å². The number of hydrogen-bond donors (Lipinski definition) is 1. The van der Waals surface area contributed by atoms with Gasteiger partial charge >= 0.3 is 0 Å². The van der Waals surface area contributed by atoms with Crippen molar-refractivity contribution in [1.29, 1.82) is 0 Å². The number of hydrogen-bond acceptors (Lipinski definition) is 1. The topological polar surface area (TPSA) is 26.0 Å². The third-order valence-corrected chi connectivity index (χ3v) is 6.37. The van der Waals surface area contributed by atoms with Crippen LogP contribution in [0.4, 0.5) is 0 Å². The molecular formula is C14H25N. The van der Waals surface area contributed by atoms with Crippen molar-refractivity contribution in [2.24, 2.45) is 40.2 Å². The Hall–Kier alpha value is -0.0400. The lowest BCUT2D eigenvalue weighted by Crippen LogP contribution is -2.53. The van der Waals surface area contributed by atoms with Crippen molar-refractivity contribution >= 4 is 0 Å². The third kappa shape index (κ3) is 1.08. The largest absolute Gasteiger partial charge is 0.327 e. The zero-order chi connectivity index (χ0) is 11.0. The Kier molecular flexibility index (Phi) is 1.77. The van der Waals surface area contributed by atoms with Crippen LogP contribution in [-0.2, 0) is 0 Å². The van der Waals surface area contributed by atoms with Crippen molar-refractivity contribution in [3.63, 3.8) is 0 Å². The zero-order valence-electron chi connectivity index (χ0n) is 10.6. The highest BCUT2D eigenvalue weighted by molar-refractivity contribution is 5.16. The fraction of sp³-hybridized carbons (Fsp3) is 1.00. The number of fused-ring (bicyclic) bond motifs is 2. The molecule has 0 aliphatic heterocycles. The summed E-state index contributed by atoms with van der Waals surface area (Å²) in [5, 5.41) is 0. The second kappa shape index (κ2) is 2.61. The first-order valence-electron chi connectivity index (χ1n) is 6.62. The molecule has 1 nitrogen and oxygen atoms in total. The second-order valence-electron chi connectivity index (χ2n) is 7.47. The number of nitrogens with two attached hydrogens (primary N) is 1. The van der Waals surface area contributed by atoms with Gasteiger partial charge in [0, 0.05) is 6.04 Å². The minimum atomic E-state index is 0.434. The maximum Gasteiger partial charge on any atom is 0.0130 e. The fourth-order valence-electron chi connectivity index (χ4n) is 4.83. The van der Waals surface area contributed by atoms with E-state index >= 15 is 0 Å². The molecule has 4 aliphatic rings. The van der Waals surface area contributed by atoms with Crippen molar-refractivity contribution in [2.45, 2.75) is 53.0 Å². The molecule has 0 aromatic heterocycles. The van der Waals surface area contributed by atoms with E-state index in [1.165, 1.54) is 19.3 Å². The average molecular weight is 207 g/mol. The molecule has 0 spiro atoms. The van der Waals surface area contributed by atoms with Crippen molar-refractivity contribution in [3.8, 4) is 0 Å². The van der Waals surface area contributed by atoms with Crippen LogP contribution in [0.15, 0.2) is 0 Å². The molecule has 1 unspecified atom stereocenters. The highest BCUT2D eigenvalue weighted by atomic mass is 14.9. The van der Waals surface area contributed by atoms with Gasteiger partial charge in [-0.3, -0.25) is 0 Å². The molecule has 0 amide bonds. The van der Waals surface area contributed by atoms with E-state index in [0.29, 0.717) is 16.9 Å². The smallest absolute Gasteiger partial charge is 0.0130 e. The maximum atomic E-state index is 6.24. The highest BCUT2D eigenvalue weighted by Crippen LogP contribution is 2.68. The van der Waals surface area contributed by atoms with Gasteiger partial charge in [-0.15, -0.1) is 0 Å². The quantitative estimate of drug-likeness (QED) is 0.702.